The second-order valence-electron chi connectivity index (χ2n) is 4.91. The lowest BCUT2D eigenvalue weighted by Crippen LogP contribution is -2.38. The third kappa shape index (κ3) is 3.54. The molecule has 6 heteroatoms. The quantitative estimate of drug-likeness (QED) is 0.798. The maximum atomic E-state index is 11.3. The molecular weight excluding hydrogens is 258 g/mol. The largest absolute Gasteiger partial charge is 0.454 e. The van der Waals surface area contributed by atoms with Crippen LogP contribution in [0, 0.1) is 0 Å². The molecule has 1 unspecified atom stereocenters. The molecule has 110 valence electrons. The number of benzene rings is 1. The van der Waals surface area contributed by atoms with Gasteiger partial charge in [-0.25, -0.2) is 4.79 Å². The lowest BCUT2D eigenvalue weighted by Gasteiger charge is -2.16. The fourth-order valence-electron chi connectivity index (χ4n) is 1.92. The van der Waals surface area contributed by atoms with E-state index in [2.05, 4.69) is 17.6 Å². The van der Waals surface area contributed by atoms with Crippen molar-refractivity contribution in [3.8, 4) is 11.5 Å². The van der Waals surface area contributed by atoms with Crippen LogP contribution >= 0.6 is 0 Å². The number of rotatable bonds is 5. The summed E-state index contributed by atoms with van der Waals surface area (Å²) in [5.74, 6) is 1.58. The van der Waals surface area contributed by atoms with Crippen LogP contribution in [0.5, 0.6) is 11.5 Å². The fourth-order valence-corrected chi connectivity index (χ4v) is 1.92. The smallest absolute Gasteiger partial charge is 0.316 e. The summed E-state index contributed by atoms with van der Waals surface area (Å²) in [4.78, 5) is 12.9. The van der Waals surface area contributed by atoms with Crippen molar-refractivity contribution in [1.82, 2.24) is 15.5 Å². The molecule has 1 heterocycles. The molecule has 6 nitrogen and oxygen atoms in total. The van der Waals surface area contributed by atoms with Crippen LogP contribution in [0.15, 0.2) is 18.2 Å². The van der Waals surface area contributed by atoms with E-state index in [1.54, 1.807) is 14.1 Å². The van der Waals surface area contributed by atoms with Crippen molar-refractivity contribution >= 4 is 6.03 Å². The number of hydrogen-bond donors (Lipinski definition) is 2. The third-order valence-electron chi connectivity index (χ3n) is 3.15. The zero-order valence-electron chi connectivity index (χ0n) is 12.1. The number of urea groups is 1. The van der Waals surface area contributed by atoms with E-state index < -0.39 is 0 Å². The Kier molecular flexibility index (Phi) is 4.68. The Balaban J connectivity index is 1.77. The van der Waals surface area contributed by atoms with Crippen molar-refractivity contribution in [3.63, 3.8) is 0 Å². The number of amides is 2. The minimum absolute atomic E-state index is 0.0810. The van der Waals surface area contributed by atoms with Gasteiger partial charge in [0.2, 0.25) is 6.79 Å². The predicted octanol–water partition coefficient (Wildman–Crippen LogP) is 1.34. The Bertz CT molecular complexity index is 477. The summed E-state index contributed by atoms with van der Waals surface area (Å²) >= 11 is 0. The van der Waals surface area contributed by atoms with Gasteiger partial charge in [-0.05, 0) is 24.6 Å². The van der Waals surface area contributed by atoms with E-state index in [-0.39, 0.29) is 18.9 Å². The highest BCUT2D eigenvalue weighted by Gasteiger charge is 2.15. The molecule has 0 fully saturated rings. The summed E-state index contributed by atoms with van der Waals surface area (Å²) in [5.41, 5.74) is 1.13. The molecular formula is C14H21N3O3. The highest BCUT2D eigenvalue weighted by atomic mass is 16.7. The number of nitrogens with one attached hydrogen (secondary N) is 2. The van der Waals surface area contributed by atoms with Gasteiger partial charge in [0.15, 0.2) is 11.5 Å². The molecule has 1 aliphatic heterocycles. The molecule has 0 aromatic heterocycles. The average molecular weight is 279 g/mol. The molecule has 20 heavy (non-hydrogen) atoms. The Labute approximate surface area is 119 Å². The first-order chi connectivity index (χ1) is 9.58. The number of ether oxygens (including phenoxy) is 2. The second kappa shape index (κ2) is 6.47. The number of carbonyl (C=O) groups is 1. The normalized spacial score (nSPS) is 13.9. The molecule has 0 saturated heterocycles. The van der Waals surface area contributed by atoms with Gasteiger partial charge in [-0.15, -0.1) is 0 Å². The van der Waals surface area contributed by atoms with Crippen molar-refractivity contribution < 1.29 is 14.3 Å². The van der Waals surface area contributed by atoms with Gasteiger partial charge in [-0.2, -0.15) is 0 Å². The van der Waals surface area contributed by atoms with E-state index in [0.717, 1.165) is 17.1 Å². The van der Waals surface area contributed by atoms with E-state index in [1.165, 1.54) is 4.90 Å². The molecule has 0 radical (unpaired) electrons. The van der Waals surface area contributed by atoms with Gasteiger partial charge in [0.25, 0.3) is 0 Å². The maximum absolute atomic E-state index is 11.3. The van der Waals surface area contributed by atoms with Gasteiger partial charge >= 0.3 is 6.03 Å². The zero-order valence-corrected chi connectivity index (χ0v) is 12.1. The number of hydrogen-bond acceptors (Lipinski definition) is 4. The minimum atomic E-state index is -0.0810. The molecule has 0 spiro atoms. The van der Waals surface area contributed by atoms with Crippen LogP contribution in [0.2, 0.25) is 0 Å². The molecule has 0 saturated carbocycles. The number of fused-ring (bicyclic) bond motifs is 1. The molecule has 2 amide bonds. The Morgan fingerprint density at radius 1 is 1.30 bits per heavy atom. The van der Waals surface area contributed by atoms with Gasteiger partial charge in [-0.1, -0.05) is 6.07 Å². The molecule has 0 bridgehead atoms. The zero-order chi connectivity index (χ0) is 14.5. The SMILES string of the molecule is CC(NCCNC(=O)N(C)C)c1ccc2c(c1)OCO2. The van der Waals surface area contributed by atoms with Crippen LogP contribution in [0.25, 0.3) is 0 Å². The first kappa shape index (κ1) is 14.5. The van der Waals surface area contributed by atoms with Crippen molar-refractivity contribution in [3.05, 3.63) is 23.8 Å². The molecule has 2 rings (SSSR count). The molecule has 2 N–H and O–H groups in total. The summed E-state index contributed by atoms with van der Waals surface area (Å²) in [6.07, 6.45) is 0. The summed E-state index contributed by atoms with van der Waals surface area (Å²) in [5, 5.41) is 6.17. The van der Waals surface area contributed by atoms with E-state index in [4.69, 9.17) is 9.47 Å². The van der Waals surface area contributed by atoms with E-state index in [9.17, 15) is 4.79 Å². The highest BCUT2D eigenvalue weighted by molar-refractivity contribution is 5.73. The maximum Gasteiger partial charge on any atom is 0.316 e. The first-order valence-corrected chi connectivity index (χ1v) is 6.66. The van der Waals surface area contributed by atoms with Crippen LogP contribution in [-0.4, -0.2) is 44.9 Å². The number of nitrogens with zero attached hydrogens (tertiary/aromatic N) is 1. The lowest BCUT2D eigenvalue weighted by atomic mass is 10.1. The standard InChI is InChI=1S/C14H21N3O3/c1-10(15-6-7-16-14(18)17(2)3)11-4-5-12-13(8-11)20-9-19-12/h4-5,8,10,15H,6-7,9H2,1-3H3,(H,16,18). The van der Waals surface area contributed by atoms with Crippen LogP contribution in [0.1, 0.15) is 18.5 Å². The van der Waals surface area contributed by atoms with E-state index >= 15 is 0 Å². The van der Waals surface area contributed by atoms with Crippen LogP contribution in [-0.2, 0) is 0 Å². The third-order valence-corrected chi connectivity index (χ3v) is 3.15. The van der Waals surface area contributed by atoms with Gasteiger partial charge < -0.3 is 25.0 Å². The average Bonchev–Trinajstić information content (AvgIpc) is 2.90. The molecule has 1 atom stereocenters. The second-order valence-corrected chi connectivity index (χ2v) is 4.91. The molecule has 1 aromatic rings. The lowest BCUT2D eigenvalue weighted by molar-refractivity contribution is 0.174. The molecule has 1 aromatic carbocycles. The summed E-state index contributed by atoms with van der Waals surface area (Å²) < 4.78 is 10.6. The van der Waals surface area contributed by atoms with E-state index in [1.807, 2.05) is 18.2 Å². The van der Waals surface area contributed by atoms with Gasteiger partial charge in [-0.3, -0.25) is 0 Å². The summed E-state index contributed by atoms with van der Waals surface area (Å²) in [6, 6.07) is 6.02. The summed E-state index contributed by atoms with van der Waals surface area (Å²) in [7, 11) is 3.44. The minimum Gasteiger partial charge on any atom is -0.454 e. The monoisotopic (exact) mass is 279 g/mol. The van der Waals surface area contributed by atoms with Crippen LogP contribution in [0.3, 0.4) is 0 Å². The van der Waals surface area contributed by atoms with Crippen molar-refractivity contribution in [2.24, 2.45) is 0 Å². The van der Waals surface area contributed by atoms with Gasteiger partial charge in [0, 0.05) is 33.2 Å². The van der Waals surface area contributed by atoms with Gasteiger partial charge in [0.05, 0.1) is 0 Å². The Hall–Kier alpha value is -1.95. The predicted molar refractivity (Wildman–Crippen MR) is 76.1 cm³/mol. The van der Waals surface area contributed by atoms with Crippen molar-refractivity contribution in [2.45, 2.75) is 13.0 Å². The van der Waals surface area contributed by atoms with Crippen molar-refractivity contribution in [2.75, 3.05) is 34.0 Å². The summed E-state index contributed by atoms with van der Waals surface area (Å²) in [6.45, 7) is 3.66. The van der Waals surface area contributed by atoms with Crippen LogP contribution in [0.4, 0.5) is 4.79 Å². The first-order valence-electron chi connectivity index (χ1n) is 6.66. The highest BCUT2D eigenvalue weighted by Crippen LogP contribution is 2.33. The number of carbonyl (C=O) groups excluding carboxylic acids is 1. The Morgan fingerprint density at radius 2 is 2.05 bits per heavy atom. The van der Waals surface area contributed by atoms with Crippen LogP contribution < -0.4 is 20.1 Å². The fraction of sp³-hybridized carbons (Fsp3) is 0.500. The molecule has 1 aliphatic rings. The van der Waals surface area contributed by atoms with E-state index in [0.29, 0.717) is 13.1 Å². The topological polar surface area (TPSA) is 62.8 Å². The van der Waals surface area contributed by atoms with Gasteiger partial charge in [0.1, 0.15) is 0 Å². The Morgan fingerprint density at radius 3 is 2.80 bits per heavy atom. The van der Waals surface area contributed by atoms with Crippen molar-refractivity contribution in [1.29, 1.82) is 0 Å². The molecule has 0 aliphatic carbocycles.